The molecule has 0 spiro atoms. The summed E-state index contributed by atoms with van der Waals surface area (Å²) in [6.45, 7) is 2.36. The SMILES string of the molecule is CC12c3ccccc3C(O)(c3ccccc31)c1cc3c(cc12)C1c2ccccc2C3c2ccccc21. The first-order valence-corrected chi connectivity index (χ1v) is 12.9. The molecule has 170 valence electrons. The van der Waals surface area contributed by atoms with Crippen LogP contribution in [0.4, 0.5) is 0 Å². The van der Waals surface area contributed by atoms with Crippen molar-refractivity contribution < 1.29 is 5.11 Å². The second kappa shape index (κ2) is 6.06. The Kier molecular flexibility index (Phi) is 3.24. The molecule has 0 radical (unpaired) electrons. The van der Waals surface area contributed by atoms with Crippen molar-refractivity contribution >= 4 is 0 Å². The number of rotatable bonds is 0. The highest BCUT2D eigenvalue weighted by molar-refractivity contribution is 5.77. The largest absolute Gasteiger partial charge is 0.376 e. The molecule has 1 N–H and O–H groups in total. The topological polar surface area (TPSA) is 20.2 Å². The number of hydrogen-bond donors (Lipinski definition) is 1. The van der Waals surface area contributed by atoms with Crippen molar-refractivity contribution in [2.75, 3.05) is 0 Å². The van der Waals surface area contributed by atoms with E-state index in [1.807, 2.05) is 0 Å². The highest BCUT2D eigenvalue weighted by atomic mass is 16.3. The molecule has 6 aliphatic carbocycles. The van der Waals surface area contributed by atoms with E-state index in [2.05, 4.69) is 116 Å². The van der Waals surface area contributed by atoms with Crippen molar-refractivity contribution in [2.45, 2.75) is 29.8 Å². The van der Waals surface area contributed by atoms with Crippen LogP contribution in [0.2, 0.25) is 0 Å². The molecule has 0 heterocycles. The molecule has 11 rings (SSSR count). The first kappa shape index (κ1) is 19.3. The fraction of sp³-hybridized carbons (Fsp3) is 0.143. The molecule has 0 amide bonds. The highest BCUT2D eigenvalue weighted by Crippen LogP contribution is 2.64. The maximum Gasteiger partial charge on any atom is 0.141 e. The third kappa shape index (κ3) is 1.88. The van der Waals surface area contributed by atoms with Gasteiger partial charge in [0.05, 0.1) is 0 Å². The van der Waals surface area contributed by atoms with Crippen molar-refractivity contribution in [3.05, 3.63) is 176 Å². The minimum atomic E-state index is -1.15. The molecule has 4 bridgehead atoms. The van der Waals surface area contributed by atoms with Gasteiger partial charge in [0, 0.05) is 17.3 Å². The molecule has 0 atom stereocenters. The zero-order chi connectivity index (χ0) is 23.8. The van der Waals surface area contributed by atoms with Crippen molar-refractivity contribution in [1.29, 1.82) is 0 Å². The molecule has 1 nitrogen and oxygen atoms in total. The van der Waals surface area contributed by atoms with E-state index in [0.29, 0.717) is 0 Å². The van der Waals surface area contributed by atoms with Crippen LogP contribution in [0, 0.1) is 0 Å². The Balaban J connectivity index is 1.42. The maximum absolute atomic E-state index is 12.8. The molecule has 0 aliphatic heterocycles. The average molecular weight is 461 g/mol. The fourth-order valence-electron chi connectivity index (χ4n) is 8.26. The Bertz CT molecular complexity index is 1570. The normalized spacial score (nSPS) is 26.8. The molecule has 0 saturated carbocycles. The van der Waals surface area contributed by atoms with Crippen LogP contribution in [0.5, 0.6) is 0 Å². The summed E-state index contributed by atoms with van der Waals surface area (Å²) in [5.41, 5.74) is 13.8. The van der Waals surface area contributed by atoms with Crippen molar-refractivity contribution in [1.82, 2.24) is 0 Å². The monoisotopic (exact) mass is 460 g/mol. The van der Waals surface area contributed by atoms with Crippen molar-refractivity contribution in [3.8, 4) is 0 Å². The molecular weight excluding hydrogens is 436 g/mol. The van der Waals surface area contributed by atoms with E-state index in [-0.39, 0.29) is 17.3 Å². The molecule has 5 aromatic rings. The van der Waals surface area contributed by atoms with Gasteiger partial charge in [-0.2, -0.15) is 0 Å². The first-order chi connectivity index (χ1) is 17.6. The summed E-state index contributed by atoms with van der Waals surface area (Å²) in [5, 5.41) is 12.8. The standard InChI is InChI=1S/C35H24O/c1-34-26-14-6-8-16-28(26)35(36,29-17-9-7-15-27(29)34)31-19-25-24(18-30(31)34)32-20-10-2-4-12-22(20)33(25)23-13-5-3-11-21(23)32/h2-19,32-33,36H,1H3. The van der Waals surface area contributed by atoms with Gasteiger partial charge in [0.15, 0.2) is 0 Å². The highest BCUT2D eigenvalue weighted by Gasteiger charge is 2.57. The zero-order valence-corrected chi connectivity index (χ0v) is 20.0. The van der Waals surface area contributed by atoms with Crippen molar-refractivity contribution in [2.24, 2.45) is 0 Å². The summed E-state index contributed by atoms with van der Waals surface area (Å²) in [6, 6.07) is 39.8. The number of aliphatic hydroxyl groups is 1. The average Bonchev–Trinajstić information content (AvgIpc) is 2.94. The fourth-order valence-corrected chi connectivity index (χ4v) is 8.26. The van der Waals surface area contributed by atoms with Gasteiger partial charge in [-0.05, 0) is 73.7 Å². The van der Waals surface area contributed by atoms with Crippen molar-refractivity contribution in [3.63, 3.8) is 0 Å². The molecule has 6 aliphatic rings. The van der Waals surface area contributed by atoms with Gasteiger partial charge in [0.1, 0.15) is 5.60 Å². The van der Waals surface area contributed by atoms with Gasteiger partial charge in [-0.15, -0.1) is 0 Å². The van der Waals surface area contributed by atoms with Gasteiger partial charge in [0.25, 0.3) is 0 Å². The van der Waals surface area contributed by atoms with Gasteiger partial charge in [-0.1, -0.05) is 109 Å². The molecule has 0 unspecified atom stereocenters. The summed E-state index contributed by atoms with van der Waals surface area (Å²) in [5.74, 6) is 0.428. The Morgan fingerprint density at radius 1 is 0.444 bits per heavy atom. The molecule has 0 aromatic heterocycles. The molecule has 0 saturated heterocycles. The smallest absolute Gasteiger partial charge is 0.141 e. The number of hydrogen-bond acceptors (Lipinski definition) is 1. The van der Waals surface area contributed by atoms with Crippen LogP contribution in [0.25, 0.3) is 0 Å². The molecule has 1 heteroatoms. The third-order valence-electron chi connectivity index (χ3n) is 9.72. The van der Waals surface area contributed by atoms with Crippen LogP contribution in [0.15, 0.2) is 109 Å². The predicted molar refractivity (Wildman–Crippen MR) is 142 cm³/mol. The van der Waals surface area contributed by atoms with E-state index in [0.717, 1.165) is 16.7 Å². The van der Waals surface area contributed by atoms with E-state index >= 15 is 0 Å². The Hall–Kier alpha value is -3.94. The quantitative estimate of drug-likeness (QED) is 0.260. The van der Waals surface area contributed by atoms with Gasteiger partial charge < -0.3 is 5.11 Å². The predicted octanol–water partition coefficient (Wildman–Crippen LogP) is 6.94. The van der Waals surface area contributed by atoms with Crippen LogP contribution >= 0.6 is 0 Å². The van der Waals surface area contributed by atoms with Crippen LogP contribution in [0.1, 0.15) is 85.5 Å². The van der Waals surface area contributed by atoms with E-state index in [1.165, 1.54) is 50.1 Å². The molecular formula is C35H24O. The summed E-state index contributed by atoms with van der Waals surface area (Å²) in [4.78, 5) is 0. The van der Waals surface area contributed by atoms with E-state index in [9.17, 15) is 5.11 Å². The molecule has 0 fully saturated rings. The van der Waals surface area contributed by atoms with Crippen LogP contribution in [-0.2, 0) is 11.0 Å². The van der Waals surface area contributed by atoms with E-state index in [4.69, 9.17) is 0 Å². The second-order valence-electron chi connectivity index (χ2n) is 11.1. The Morgan fingerprint density at radius 3 is 1.25 bits per heavy atom. The van der Waals surface area contributed by atoms with Gasteiger partial charge in [-0.3, -0.25) is 0 Å². The van der Waals surface area contributed by atoms with Crippen LogP contribution in [0.3, 0.4) is 0 Å². The third-order valence-corrected chi connectivity index (χ3v) is 9.72. The minimum Gasteiger partial charge on any atom is -0.376 e. The summed E-state index contributed by atoms with van der Waals surface area (Å²) >= 11 is 0. The van der Waals surface area contributed by atoms with Crippen LogP contribution < -0.4 is 0 Å². The van der Waals surface area contributed by atoms with Gasteiger partial charge >= 0.3 is 0 Å². The summed E-state index contributed by atoms with van der Waals surface area (Å²) in [6.07, 6.45) is 0. The Morgan fingerprint density at radius 2 is 0.806 bits per heavy atom. The summed E-state index contributed by atoms with van der Waals surface area (Å²) in [7, 11) is 0. The molecule has 36 heavy (non-hydrogen) atoms. The maximum atomic E-state index is 12.8. The summed E-state index contributed by atoms with van der Waals surface area (Å²) < 4.78 is 0. The zero-order valence-electron chi connectivity index (χ0n) is 20.0. The second-order valence-corrected chi connectivity index (χ2v) is 11.1. The van der Waals surface area contributed by atoms with Crippen LogP contribution in [-0.4, -0.2) is 5.11 Å². The molecule has 5 aromatic carbocycles. The van der Waals surface area contributed by atoms with E-state index in [1.54, 1.807) is 0 Å². The lowest BCUT2D eigenvalue weighted by molar-refractivity contribution is 0.107. The Labute approximate surface area is 210 Å². The van der Waals surface area contributed by atoms with E-state index < -0.39 is 5.60 Å². The lowest BCUT2D eigenvalue weighted by Gasteiger charge is -2.54. The number of benzene rings is 5. The van der Waals surface area contributed by atoms with Gasteiger partial charge in [-0.25, -0.2) is 0 Å². The minimum absolute atomic E-state index is 0.199. The first-order valence-electron chi connectivity index (χ1n) is 12.9. The lowest BCUT2D eigenvalue weighted by atomic mass is 9.50. The van der Waals surface area contributed by atoms with Gasteiger partial charge in [0.2, 0.25) is 0 Å². The lowest BCUT2D eigenvalue weighted by Crippen LogP contribution is -2.50.